The third kappa shape index (κ3) is 4.07. The first-order valence-electron chi connectivity index (χ1n) is 9.62. The van der Waals surface area contributed by atoms with Gasteiger partial charge >= 0.3 is 5.97 Å². The molecule has 4 aromatic rings. The molecular weight excluding hydrogens is 380 g/mol. The Morgan fingerprint density at radius 1 is 1.00 bits per heavy atom. The van der Waals surface area contributed by atoms with Crippen molar-refractivity contribution in [1.29, 1.82) is 0 Å². The number of aromatic nitrogens is 1. The Morgan fingerprint density at radius 3 is 2.43 bits per heavy atom. The molecule has 30 heavy (non-hydrogen) atoms. The van der Waals surface area contributed by atoms with E-state index in [1.807, 2.05) is 36.4 Å². The van der Waals surface area contributed by atoms with Crippen molar-refractivity contribution in [1.82, 2.24) is 4.98 Å². The first-order chi connectivity index (χ1) is 14.7. The number of anilines is 1. The molecule has 0 N–H and O–H groups in total. The van der Waals surface area contributed by atoms with Gasteiger partial charge in [0.2, 0.25) is 0 Å². The minimum atomic E-state index is -0.395. The normalized spacial score (nSPS) is 10.7. The van der Waals surface area contributed by atoms with Crippen molar-refractivity contribution in [2.45, 2.75) is 13.5 Å². The third-order valence-electron chi connectivity index (χ3n) is 4.66. The van der Waals surface area contributed by atoms with Crippen LogP contribution in [0.2, 0.25) is 0 Å². The summed E-state index contributed by atoms with van der Waals surface area (Å²) in [7, 11) is 0. The van der Waals surface area contributed by atoms with Crippen LogP contribution < -0.4 is 4.90 Å². The summed E-state index contributed by atoms with van der Waals surface area (Å²) in [5.74, 6) is -0.417. The van der Waals surface area contributed by atoms with Crippen LogP contribution in [0.15, 0.2) is 83.5 Å². The molecule has 0 bridgehead atoms. The number of hydrogen-bond donors (Lipinski definition) is 0. The first-order valence-corrected chi connectivity index (χ1v) is 9.62. The number of furan rings is 1. The van der Waals surface area contributed by atoms with Gasteiger partial charge in [0.1, 0.15) is 5.58 Å². The molecule has 0 aliphatic rings. The van der Waals surface area contributed by atoms with E-state index >= 15 is 0 Å². The van der Waals surface area contributed by atoms with Crippen LogP contribution in [-0.4, -0.2) is 23.5 Å². The second-order valence-corrected chi connectivity index (χ2v) is 6.66. The Kier molecular flexibility index (Phi) is 5.57. The van der Waals surface area contributed by atoms with E-state index in [2.05, 4.69) is 4.98 Å². The monoisotopic (exact) mass is 400 g/mol. The van der Waals surface area contributed by atoms with Crippen LogP contribution in [0, 0.1) is 0 Å². The fraction of sp³-hybridized carbons (Fsp3) is 0.125. The average molecular weight is 400 g/mol. The van der Waals surface area contributed by atoms with Crippen LogP contribution in [-0.2, 0) is 11.3 Å². The van der Waals surface area contributed by atoms with E-state index in [1.165, 1.54) is 0 Å². The van der Waals surface area contributed by atoms with Crippen LogP contribution in [0.4, 0.5) is 5.69 Å². The van der Waals surface area contributed by atoms with E-state index < -0.39 is 5.97 Å². The lowest BCUT2D eigenvalue weighted by molar-refractivity contribution is 0.0526. The summed E-state index contributed by atoms with van der Waals surface area (Å²) in [4.78, 5) is 31.0. The Morgan fingerprint density at radius 2 is 1.73 bits per heavy atom. The second kappa shape index (κ2) is 8.61. The van der Waals surface area contributed by atoms with Crippen LogP contribution in [0.3, 0.4) is 0 Å². The highest BCUT2D eigenvalue weighted by Crippen LogP contribution is 2.25. The predicted octanol–water partition coefficient (Wildman–Crippen LogP) is 4.85. The van der Waals surface area contributed by atoms with E-state index in [-0.39, 0.29) is 11.7 Å². The molecule has 0 atom stereocenters. The number of ether oxygens (including phenoxy) is 1. The Bertz CT molecular complexity index is 1130. The van der Waals surface area contributed by atoms with E-state index in [9.17, 15) is 9.59 Å². The van der Waals surface area contributed by atoms with Gasteiger partial charge in [0.15, 0.2) is 5.76 Å². The maximum absolute atomic E-state index is 13.4. The topological polar surface area (TPSA) is 72.6 Å². The number of amides is 1. The minimum Gasteiger partial charge on any atom is -0.462 e. The molecule has 0 unspecified atom stereocenters. The minimum absolute atomic E-state index is 0.250. The summed E-state index contributed by atoms with van der Waals surface area (Å²) in [6, 6.07) is 19.7. The summed E-state index contributed by atoms with van der Waals surface area (Å²) in [6.07, 6.45) is 3.37. The molecule has 2 aromatic carbocycles. The van der Waals surface area contributed by atoms with Gasteiger partial charge in [0.25, 0.3) is 5.91 Å². The molecule has 4 rings (SSSR count). The summed E-state index contributed by atoms with van der Waals surface area (Å²) in [5, 5.41) is 0.863. The number of fused-ring (bicyclic) bond motifs is 1. The van der Waals surface area contributed by atoms with Crippen LogP contribution >= 0.6 is 0 Å². The molecule has 0 aliphatic heterocycles. The fourth-order valence-electron chi connectivity index (χ4n) is 3.16. The fourth-order valence-corrected chi connectivity index (χ4v) is 3.16. The van der Waals surface area contributed by atoms with Crippen LogP contribution in [0.1, 0.15) is 33.4 Å². The third-order valence-corrected chi connectivity index (χ3v) is 4.66. The van der Waals surface area contributed by atoms with Gasteiger partial charge in [-0.1, -0.05) is 18.2 Å². The van der Waals surface area contributed by atoms with E-state index in [4.69, 9.17) is 9.15 Å². The highest BCUT2D eigenvalue weighted by molar-refractivity contribution is 6.06. The highest BCUT2D eigenvalue weighted by atomic mass is 16.5. The van der Waals surface area contributed by atoms with Crippen LogP contribution in [0.5, 0.6) is 0 Å². The van der Waals surface area contributed by atoms with Gasteiger partial charge < -0.3 is 14.1 Å². The number of esters is 1. The van der Waals surface area contributed by atoms with Gasteiger partial charge in [-0.25, -0.2) is 4.79 Å². The lowest BCUT2D eigenvalue weighted by Gasteiger charge is -2.22. The lowest BCUT2D eigenvalue weighted by Crippen LogP contribution is -2.30. The Balaban J connectivity index is 1.68. The number of carbonyl (C=O) groups excluding carboxylic acids is 2. The molecule has 2 heterocycles. The van der Waals surface area contributed by atoms with Crippen molar-refractivity contribution in [2.24, 2.45) is 0 Å². The van der Waals surface area contributed by atoms with Crippen molar-refractivity contribution in [2.75, 3.05) is 11.5 Å². The van der Waals surface area contributed by atoms with E-state index in [1.54, 1.807) is 54.5 Å². The van der Waals surface area contributed by atoms with Crippen LogP contribution in [0.25, 0.3) is 11.0 Å². The summed E-state index contributed by atoms with van der Waals surface area (Å²) in [5.41, 5.74) is 2.65. The predicted molar refractivity (Wildman–Crippen MR) is 113 cm³/mol. The largest absolute Gasteiger partial charge is 0.462 e. The standard InChI is InChI=1S/C24H20N2O4/c1-2-29-24(28)18-7-9-20(10-8-18)26(16-17-11-13-25-14-12-17)23(27)22-15-19-5-3-4-6-21(19)30-22/h3-15H,2,16H2,1H3. The smallest absolute Gasteiger partial charge is 0.338 e. The molecule has 0 aliphatic carbocycles. The van der Waals surface area contributed by atoms with Gasteiger partial charge in [0.05, 0.1) is 18.7 Å². The second-order valence-electron chi connectivity index (χ2n) is 6.66. The van der Waals surface area contributed by atoms with Crippen molar-refractivity contribution in [3.05, 3.63) is 96.0 Å². The SMILES string of the molecule is CCOC(=O)c1ccc(N(Cc2ccncc2)C(=O)c2cc3ccccc3o2)cc1. The van der Waals surface area contributed by atoms with Gasteiger partial charge in [0, 0.05) is 23.5 Å². The zero-order valence-corrected chi connectivity index (χ0v) is 16.4. The first kappa shape index (κ1) is 19.4. The molecule has 1 amide bonds. The van der Waals surface area contributed by atoms with Gasteiger partial charge in [-0.15, -0.1) is 0 Å². The lowest BCUT2D eigenvalue weighted by atomic mass is 10.1. The van der Waals surface area contributed by atoms with E-state index in [0.29, 0.717) is 30.0 Å². The number of benzene rings is 2. The molecule has 2 aromatic heterocycles. The molecule has 6 nitrogen and oxygen atoms in total. The molecule has 150 valence electrons. The molecule has 0 spiro atoms. The molecule has 0 saturated heterocycles. The van der Waals surface area contributed by atoms with Gasteiger partial charge in [-0.2, -0.15) is 0 Å². The molecule has 0 fully saturated rings. The van der Waals surface area contributed by atoms with Crippen molar-refractivity contribution < 1.29 is 18.7 Å². The van der Waals surface area contributed by atoms with Crippen molar-refractivity contribution in [3.8, 4) is 0 Å². The van der Waals surface area contributed by atoms with Crippen molar-refractivity contribution in [3.63, 3.8) is 0 Å². The quantitative estimate of drug-likeness (QED) is 0.433. The summed E-state index contributed by atoms with van der Waals surface area (Å²) in [6.45, 7) is 2.39. The van der Waals surface area contributed by atoms with E-state index in [0.717, 1.165) is 10.9 Å². The summed E-state index contributed by atoms with van der Waals surface area (Å²) < 4.78 is 10.8. The van der Waals surface area contributed by atoms with Crippen molar-refractivity contribution >= 4 is 28.5 Å². The highest BCUT2D eigenvalue weighted by Gasteiger charge is 2.22. The summed E-state index contributed by atoms with van der Waals surface area (Å²) >= 11 is 0. The average Bonchev–Trinajstić information content (AvgIpc) is 3.22. The Labute approximate surface area is 173 Å². The zero-order chi connectivity index (χ0) is 20.9. The maximum Gasteiger partial charge on any atom is 0.338 e. The number of rotatable bonds is 6. The number of hydrogen-bond acceptors (Lipinski definition) is 5. The maximum atomic E-state index is 13.4. The Hall–Kier alpha value is -3.93. The molecule has 6 heteroatoms. The number of pyridine rings is 1. The molecule has 0 radical (unpaired) electrons. The van der Waals surface area contributed by atoms with Gasteiger partial charge in [-0.3, -0.25) is 9.78 Å². The number of para-hydroxylation sites is 1. The molecule has 0 saturated carbocycles. The number of nitrogens with zero attached hydrogens (tertiary/aromatic N) is 2. The zero-order valence-electron chi connectivity index (χ0n) is 16.4. The number of carbonyl (C=O) groups is 2. The van der Waals surface area contributed by atoms with Gasteiger partial charge in [-0.05, 0) is 61.0 Å². The molecular formula is C24H20N2O4.